The van der Waals surface area contributed by atoms with Crippen molar-refractivity contribution in [2.24, 2.45) is 0 Å². The number of likely N-dealkylation sites (tertiary alicyclic amines) is 1. The van der Waals surface area contributed by atoms with E-state index in [2.05, 4.69) is 5.32 Å². The fourth-order valence-corrected chi connectivity index (χ4v) is 1.88. The van der Waals surface area contributed by atoms with Crippen LogP contribution in [0.1, 0.15) is 6.42 Å². The molecule has 1 unspecified atom stereocenters. The van der Waals surface area contributed by atoms with Gasteiger partial charge in [0.2, 0.25) is 5.91 Å². The van der Waals surface area contributed by atoms with Gasteiger partial charge in [-0.05, 0) is 12.5 Å². The van der Waals surface area contributed by atoms with Gasteiger partial charge >= 0.3 is 0 Å². The van der Waals surface area contributed by atoms with Crippen molar-refractivity contribution in [1.82, 2.24) is 4.90 Å². The molecular weight excluding hydrogens is 241 g/mol. The van der Waals surface area contributed by atoms with E-state index in [1.807, 2.05) is 0 Å². The number of nitrogens with zero attached hydrogens (tertiary/aromatic N) is 2. The van der Waals surface area contributed by atoms with Crippen molar-refractivity contribution in [3.05, 3.63) is 34.1 Å². The number of carbonyl (C=O) groups is 1. The molecule has 0 aliphatic carbocycles. The van der Waals surface area contributed by atoms with E-state index in [-0.39, 0.29) is 17.3 Å². The van der Waals surface area contributed by atoms with E-state index < -0.39 is 16.8 Å². The lowest BCUT2D eigenvalue weighted by molar-refractivity contribution is -0.385. The Balaban J connectivity index is 2.15. The van der Waals surface area contributed by atoms with Gasteiger partial charge in [-0.25, -0.2) is 4.39 Å². The summed E-state index contributed by atoms with van der Waals surface area (Å²) in [6, 6.07) is 2.85. The number of nitro benzene ring substituents is 1. The van der Waals surface area contributed by atoms with Crippen LogP contribution in [0, 0.1) is 15.9 Å². The molecule has 6 nitrogen and oxygen atoms in total. The Hall–Kier alpha value is -2.18. The van der Waals surface area contributed by atoms with Crippen LogP contribution < -0.4 is 5.32 Å². The van der Waals surface area contributed by atoms with E-state index in [1.54, 1.807) is 11.9 Å². The first kappa shape index (κ1) is 12.3. The van der Waals surface area contributed by atoms with E-state index in [0.717, 1.165) is 6.07 Å². The number of hydrogen-bond acceptors (Lipinski definition) is 4. The second-order valence-electron chi connectivity index (χ2n) is 4.17. The van der Waals surface area contributed by atoms with Gasteiger partial charge in [0, 0.05) is 19.7 Å². The Labute approximate surface area is 103 Å². The molecule has 0 aromatic heterocycles. The van der Waals surface area contributed by atoms with Crippen molar-refractivity contribution in [2.45, 2.75) is 12.5 Å². The average molecular weight is 253 g/mol. The molecule has 1 saturated heterocycles. The summed E-state index contributed by atoms with van der Waals surface area (Å²) in [4.78, 5) is 23.0. The molecular formula is C11H12FN3O3. The predicted octanol–water partition coefficient (Wildman–Crippen LogP) is 1.38. The summed E-state index contributed by atoms with van der Waals surface area (Å²) in [6.45, 7) is 0.616. The summed E-state index contributed by atoms with van der Waals surface area (Å²) in [6.07, 6.45) is 0.589. The largest absolute Gasteiger partial charge is 0.371 e. The van der Waals surface area contributed by atoms with Gasteiger partial charge in [0.05, 0.1) is 16.7 Å². The SMILES string of the molecule is CN1CCC(Nc2ccc([N+](=O)[O-])cc2F)C1=O. The number of amides is 1. The van der Waals surface area contributed by atoms with E-state index in [4.69, 9.17) is 0 Å². The number of rotatable bonds is 3. The van der Waals surface area contributed by atoms with Gasteiger partial charge in [-0.2, -0.15) is 0 Å². The van der Waals surface area contributed by atoms with Crippen LogP contribution >= 0.6 is 0 Å². The Morgan fingerprint density at radius 1 is 1.56 bits per heavy atom. The van der Waals surface area contributed by atoms with Crippen LogP contribution in [0.25, 0.3) is 0 Å². The molecule has 1 aromatic carbocycles. The molecule has 0 saturated carbocycles. The second kappa shape index (κ2) is 4.59. The summed E-state index contributed by atoms with van der Waals surface area (Å²) < 4.78 is 13.6. The Bertz CT molecular complexity index is 506. The molecule has 0 spiro atoms. The van der Waals surface area contributed by atoms with Gasteiger partial charge < -0.3 is 10.2 Å². The summed E-state index contributed by atoms with van der Waals surface area (Å²) in [7, 11) is 1.68. The molecule has 1 N–H and O–H groups in total. The molecule has 1 fully saturated rings. The van der Waals surface area contributed by atoms with Crippen molar-refractivity contribution in [1.29, 1.82) is 0 Å². The molecule has 0 bridgehead atoms. The maximum atomic E-state index is 13.6. The minimum absolute atomic E-state index is 0.104. The first-order valence-electron chi connectivity index (χ1n) is 5.44. The lowest BCUT2D eigenvalue weighted by atomic mass is 10.2. The van der Waals surface area contributed by atoms with Crippen molar-refractivity contribution < 1.29 is 14.1 Å². The molecule has 2 rings (SSSR count). The van der Waals surface area contributed by atoms with E-state index >= 15 is 0 Å². The smallest absolute Gasteiger partial charge is 0.272 e. The number of nitrogens with one attached hydrogen (secondary N) is 1. The zero-order chi connectivity index (χ0) is 13.3. The molecule has 0 radical (unpaired) electrons. The Morgan fingerprint density at radius 3 is 2.78 bits per heavy atom. The second-order valence-corrected chi connectivity index (χ2v) is 4.17. The topological polar surface area (TPSA) is 75.5 Å². The molecule has 1 amide bonds. The van der Waals surface area contributed by atoms with Gasteiger partial charge in [0.25, 0.3) is 5.69 Å². The quantitative estimate of drug-likeness (QED) is 0.652. The maximum absolute atomic E-state index is 13.6. The number of halogens is 1. The average Bonchev–Trinajstić information content (AvgIpc) is 2.63. The number of carbonyl (C=O) groups excluding carboxylic acids is 1. The molecule has 1 atom stereocenters. The van der Waals surface area contributed by atoms with Crippen LogP contribution in [0.4, 0.5) is 15.8 Å². The van der Waals surface area contributed by atoms with Crippen LogP contribution in [0.2, 0.25) is 0 Å². The fraction of sp³-hybridized carbons (Fsp3) is 0.364. The number of nitro groups is 1. The first-order valence-corrected chi connectivity index (χ1v) is 5.44. The standard InChI is InChI=1S/C11H12FN3O3/c1-14-5-4-10(11(14)16)13-9-3-2-7(15(17)18)6-8(9)12/h2-3,6,10,13H,4-5H2,1H3. The van der Waals surface area contributed by atoms with Gasteiger partial charge in [-0.15, -0.1) is 0 Å². The number of hydrogen-bond donors (Lipinski definition) is 1. The van der Waals surface area contributed by atoms with Crippen LogP contribution in [0.5, 0.6) is 0 Å². The summed E-state index contributed by atoms with van der Waals surface area (Å²) in [5.74, 6) is -0.834. The number of non-ortho nitro benzene ring substituents is 1. The highest BCUT2D eigenvalue weighted by molar-refractivity contribution is 5.86. The van der Waals surface area contributed by atoms with Crippen LogP contribution in [0.15, 0.2) is 18.2 Å². The van der Waals surface area contributed by atoms with E-state index in [9.17, 15) is 19.3 Å². The minimum atomic E-state index is -0.730. The van der Waals surface area contributed by atoms with Crippen molar-refractivity contribution in [3.63, 3.8) is 0 Å². The zero-order valence-corrected chi connectivity index (χ0v) is 9.72. The molecule has 7 heteroatoms. The number of likely N-dealkylation sites (N-methyl/N-ethyl adjacent to an activating group) is 1. The summed E-state index contributed by atoms with van der Waals surface area (Å²) in [5.41, 5.74) is -0.206. The lowest BCUT2D eigenvalue weighted by Gasteiger charge is -2.13. The van der Waals surface area contributed by atoms with Crippen molar-refractivity contribution in [2.75, 3.05) is 18.9 Å². The third kappa shape index (κ3) is 2.24. The van der Waals surface area contributed by atoms with Gasteiger partial charge in [0.15, 0.2) is 5.82 Å². The maximum Gasteiger partial charge on any atom is 0.272 e. The molecule has 1 aromatic rings. The van der Waals surface area contributed by atoms with Gasteiger partial charge in [-0.3, -0.25) is 14.9 Å². The first-order chi connectivity index (χ1) is 8.49. The molecule has 1 aliphatic heterocycles. The number of benzene rings is 1. The third-order valence-corrected chi connectivity index (χ3v) is 2.92. The number of anilines is 1. The van der Waals surface area contributed by atoms with Crippen LogP contribution in [-0.4, -0.2) is 35.4 Å². The highest BCUT2D eigenvalue weighted by atomic mass is 19.1. The van der Waals surface area contributed by atoms with Gasteiger partial charge in [0.1, 0.15) is 6.04 Å². The van der Waals surface area contributed by atoms with Crippen molar-refractivity contribution in [3.8, 4) is 0 Å². The van der Waals surface area contributed by atoms with Crippen LogP contribution in [0.3, 0.4) is 0 Å². The van der Waals surface area contributed by atoms with E-state index in [0.29, 0.717) is 13.0 Å². The summed E-state index contributed by atoms with van der Waals surface area (Å²) >= 11 is 0. The third-order valence-electron chi connectivity index (χ3n) is 2.92. The zero-order valence-electron chi connectivity index (χ0n) is 9.72. The molecule has 1 heterocycles. The van der Waals surface area contributed by atoms with Gasteiger partial charge in [-0.1, -0.05) is 0 Å². The highest BCUT2D eigenvalue weighted by Crippen LogP contribution is 2.23. The summed E-state index contributed by atoms with van der Waals surface area (Å²) in [5, 5.41) is 13.2. The van der Waals surface area contributed by atoms with Crippen molar-refractivity contribution >= 4 is 17.3 Å². The normalized spacial score (nSPS) is 19.1. The Kier molecular flexibility index (Phi) is 3.14. The molecule has 96 valence electrons. The predicted molar refractivity (Wildman–Crippen MR) is 62.7 cm³/mol. The minimum Gasteiger partial charge on any atom is -0.371 e. The molecule has 18 heavy (non-hydrogen) atoms. The highest BCUT2D eigenvalue weighted by Gasteiger charge is 2.29. The molecule has 1 aliphatic rings. The Morgan fingerprint density at radius 2 is 2.28 bits per heavy atom. The monoisotopic (exact) mass is 253 g/mol. The fourth-order valence-electron chi connectivity index (χ4n) is 1.88. The van der Waals surface area contributed by atoms with E-state index in [1.165, 1.54) is 12.1 Å². The lowest BCUT2D eigenvalue weighted by Crippen LogP contribution is -2.31. The van der Waals surface area contributed by atoms with Crippen LogP contribution in [-0.2, 0) is 4.79 Å².